The van der Waals surface area contributed by atoms with Crippen LogP contribution in [-0.2, 0) is 0 Å². The highest BCUT2D eigenvalue weighted by atomic mass is 16.1. The van der Waals surface area contributed by atoms with E-state index < -0.39 is 0 Å². The second-order valence-corrected chi connectivity index (χ2v) is 4.94. The van der Waals surface area contributed by atoms with Gasteiger partial charge >= 0.3 is 0 Å². The van der Waals surface area contributed by atoms with E-state index in [1.54, 1.807) is 12.4 Å². The van der Waals surface area contributed by atoms with Gasteiger partial charge < -0.3 is 0 Å². The van der Waals surface area contributed by atoms with E-state index >= 15 is 0 Å². The molecule has 1 unspecified atom stereocenters. The predicted octanol–water partition coefficient (Wildman–Crippen LogP) is 4.65. The van der Waals surface area contributed by atoms with Crippen molar-refractivity contribution in [3.05, 3.63) is 30.1 Å². The first kappa shape index (κ1) is 14.9. The van der Waals surface area contributed by atoms with Crippen molar-refractivity contribution in [3.63, 3.8) is 0 Å². The van der Waals surface area contributed by atoms with Gasteiger partial charge in [-0.3, -0.25) is 9.78 Å². The Kier molecular flexibility index (Phi) is 7.31. The molecule has 1 aromatic heterocycles. The minimum atomic E-state index is 0.195. The van der Waals surface area contributed by atoms with E-state index in [0.29, 0.717) is 0 Å². The van der Waals surface area contributed by atoms with Crippen LogP contribution in [0.2, 0.25) is 0 Å². The van der Waals surface area contributed by atoms with Gasteiger partial charge in [-0.05, 0) is 25.0 Å². The molecule has 0 N–H and O–H groups in total. The minimum Gasteiger partial charge on any atom is -0.294 e. The summed E-state index contributed by atoms with van der Waals surface area (Å²) in [5, 5.41) is 0. The fourth-order valence-electron chi connectivity index (χ4n) is 2.24. The number of hydrogen-bond donors (Lipinski definition) is 0. The lowest BCUT2D eigenvalue weighted by Gasteiger charge is -2.15. The summed E-state index contributed by atoms with van der Waals surface area (Å²) < 4.78 is 0. The van der Waals surface area contributed by atoms with Gasteiger partial charge in [0.15, 0.2) is 5.78 Å². The van der Waals surface area contributed by atoms with Gasteiger partial charge in [0.2, 0.25) is 0 Å². The minimum absolute atomic E-state index is 0.195. The molecule has 1 rings (SSSR count). The Hall–Kier alpha value is -1.18. The summed E-state index contributed by atoms with van der Waals surface area (Å²) in [6.07, 6.45) is 11.4. The summed E-state index contributed by atoms with van der Waals surface area (Å²) in [5.41, 5.74) is 0.773. The zero-order valence-corrected chi connectivity index (χ0v) is 11.7. The first-order valence-electron chi connectivity index (χ1n) is 7.23. The Morgan fingerprint density at radius 2 is 1.89 bits per heavy atom. The van der Waals surface area contributed by atoms with Crippen LogP contribution in [0.15, 0.2) is 24.5 Å². The second-order valence-electron chi connectivity index (χ2n) is 4.94. The van der Waals surface area contributed by atoms with Crippen molar-refractivity contribution in [2.75, 3.05) is 0 Å². The lowest BCUT2D eigenvalue weighted by Crippen LogP contribution is -2.15. The van der Waals surface area contributed by atoms with Gasteiger partial charge in [0.05, 0.1) is 0 Å². The summed E-state index contributed by atoms with van der Waals surface area (Å²) in [4.78, 5) is 16.4. The first-order valence-corrected chi connectivity index (χ1v) is 7.23. The molecule has 0 radical (unpaired) electrons. The average molecular weight is 247 g/mol. The molecule has 100 valence electrons. The Morgan fingerprint density at radius 1 is 1.17 bits per heavy atom. The fourth-order valence-corrected chi connectivity index (χ4v) is 2.24. The van der Waals surface area contributed by atoms with Crippen molar-refractivity contribution < 1.29 is 4.79 Å². The summed E-state index contributed by atoms with van der Waals surface area (Å²) in [6, 6.07) is 3.73. The zero-order valence-electron chi connectivity index (χ0n) is 11.7. The third-order valence-corrected chi connectivity index (χ3v) is 3.38. The number of ketones is 1. The molecule has 2 heteroatoms. The Balaban J connectivity index is 2.60. The highest BCUT2D eigenvalue weighted by Gasteiger charge is 2.19. The SMILES string of the molecule is CCCCCC(CCCC)C(=O)c1cccnc1. The van der Waals surface area contributed by atoms with Gasteiger partial charge in [-0.25, -0.2) is 0 Å². The Morgan fingerprint density at radius 3 is 2.50 bits per heavy atom. The van der Waals surface area contributed by atoms with Gasteiger partial charge in [-0.15, -0.1) is 0 Å². The molecule has 0 aliphatic rings. The van der Waals surface area contributed by atoms with E-state index in [4.69, 9.17) is 0 Å². The number of carbonyl (C=O) groups excluding carboxylic acids is 1. The average Bonchev–Trinajstić information content (AvgIpc) is 2.43. The smallest absolute Gasteiger partial charge is 0.167 e. The number of unbranched alkanes of at least 4 members (excludes halogenated alkanes) is 3. The van der Waals surface area contributed by atoms with Crippen LogP contribution >= 0.6 is 0 Å². The fraction of sp³-hybridized carbons (Fsp3) is 0.625. The van der Waals surface area contributed by atoms with Crippen molar-refractivity contribution in [1.29, 1.82) is 0 Å². The van der Waals surface area contributed by atoms with E-state index in [9.17, 15) is 4.79 Å². The van der Waals surface area contributed by atoms with E-state index in [-0.39, 0.29) is 11.7 Å². The van der Waals surface area contributed by atoms with Gasteiger partial charge in [0, 0.05) is 23.9 Å². The van der Waals surface area contributed by atoms with E-state index in [1.165, 1.54) is 12.8 Å². The Labute approximate surface area is 111 Å². The van der Waals surface area contributed by atoms with Crippen molar-refractivity contribution in [3.8, 4) is 0 Å². The molecule has 0 saturated carbocycles. The molecule has 0 fully saturated rings. The van der Waals surface area contributed by atoms with Gasteiger partial charge in [0.25, 0.3) is 0 Å². The number of carbonyl (C=O) groups is 1. The van der Waals surface area contributed by atoms with Crippen LogP contribution in [0.5, 0.6) is 0 Å². The maximum Gasteiger partial charge on any atom is 0.167 e. The number of rotatable bonds is 9. The first-order chi connectivity index (χ1) is 8.79. The molecule has 0 saturated heterocycles. The quantitative estimate of drug-likeness (QED) is 0.469. The van der Waals surface area contributed by atoms with Crippen LogP contribution in [-0.4, -0.2) is 10.8 Å². The molecule has 0 spiro atoms. The predicted molar refractivity (Wildman–Crippen MR) is 75.7 cm³/mol. The van der Waals surface area contributed by atoms with Crippen LogP contribution in [0, 0.1) is 5.92 Å². The second kappa shape index (κ2) is 8.84. The zero-order chi connectivity index (χ0) is 13.2. The number of nitrogens with zero attached hydrogens (tertiary/aromatic N) is 1. The monoisotopic (exact) mass is 247 g/mol. The third-order valence-electron chi connectivity index (χ3n) is 3.38. The highest BCUT2D eigenvalue weighted by Crippen LogP contribution is 2.21. The molecule has 2 nitrogen and oxygen atoms in total. The molecule has 0 bridgehead atoms. The molecule has 0 aliphatic carbocycles. The molecular formula is C16H25NO. The van der Waals surface area contributed by atoms with E-state index in [0.717, 1.165) is 37.7 Å². The number of hydrogen-bond acceptors (Lipinski definition) is 2. The van der Waals surface area contributed by atoms with Crippen LogP contribution in [0.4, 0.5) is 0 Å². The molecule has 0 aromatic carbocycles. The topological polar surface area (TPSA) is 30.0 Å². The Bertz CT molecular complexity index is 334. The van der Waals surface area contributed by atoms with Gasteiger partial charge in [0.1, 0.15) is 0 Å². The number of pyridine rings is 1. The third kappa shape index (κ3) is 4.99. The van der Waals surface area contributed by atoms with Crippen molar-refractivity contribution in [2.45, 2.75) is 58.8 Å². The lowest BCUT2D eigenvalue weighted by atomic mass is 9.89. The van der Waals surface area contributed by atoms with Gasteiger partial charge in [-0.1, -0.05) is 46.0 Å². The van der Waals surface area contributed by atoms with Crippen molar-refractivity contribution in [2.24, 2.45) is 5.92 Å². The molecule has 1 atom stereocenters. The highest BCUT2D eigenvalue weighted by molar-refractivity contribution is 5.97. The van der Waals surface area contributed by atoms with Crippen molar-refractivity contribution in [1.82, 2.24) is 4.98 Å². The number of aromatic nitrogens is 1. The standard InChI is InChI=1S/C16H25NO/c1-3-5-7-10-14(9-6-4-2)16(18)15-11-8-12-17-13-15/h8,11-14H,3-7,9-10H2,1-2H3. The van der Waals surface area contributed by atoms with Crippen LogP contribution in [0.25, 0.3) is 0 Å². The molecule has 1 aromatic rings. The van der Waals surface area contributed by atoms with E-state index in [2.05, 4.69) is 18.8 Å². The van der Waals surface area contributed by atoms with Crippen LogP contribution in [0.3, 0.4) is 0 Å². The van der Waals surface area contributed by atoms with Crippen LogP contribution in [0.1, 0.15) is 69.2 Å². The normalized spacial score (nSPS) is 12.3. The summed E-state index contributed by atoms with van der Waals surface area (Å²) in [7, 11) is 0. The molecule has 1 heterocycles. The maximum atomic E-state index is 12.4. The van der Waals surface area contributed by atoms with Gasteiger partial charge in [-0.2, -0.15) is 0 Å². The molecule has 0 aliphatic heterocycles. The summed E-state index contributed by atoms with van der Waals surface area (Å²) in [6.45, 7) is 4.38. The van der Waals surface area contributed by atoms with Crippen LogP contribution < -0.4 is 0 Å². The number of Topliss-reactive ketones (excluding diaryl/α,β-unsaturated/α-hetero) is 1. The molecular weight excluding hydrogens is 222 g/mol. The van der Waals surface area contributed by atoms with Crippen molar-refractivity contribution >= 4 is 5.78 Å². The largest absolute Gasteiger partial charge is 0.294 e. The summed E-state index contributed by atoms with van der Waals surface area (Å²) in [5.74, 6) is 0.480. The maximum absolute atomic E-state index is 12.4. The summed E-state index contributed by atoms with van der Waals surface area (Å²) >= 11 is 0. The molecule has 0 amide bonds. The lowest BCUT2D eigenvalue weighted by molar-refractivity contribution is 0.0902. The molecule has 18 heavy (non-hydrogen) atoms. The van der Waals surface area contributed by atoms with E-state index in [1.807, 2.05) is 12.1 Å².